The fraction of sp³-hybridized carbons (Fsp3) is 0.300. The van der Waals surface area contributed by atoms with Gasteiger partial charge in [0, 0.05) is 22.6 Å². The zero-order valence-electron chi connectivity index (χ0n) is 16.4. The Morgan fingerprint density at radius 3 is 2.72 bits per heavy atom. The summed E-state index contributed by atoms with van der Waals surface area (Å²) in [4.78, 5) is 42.2. The topological polar surface area (TPSA) is 90.3 Å². The maximum absolute atomic E-state index is 12.9. The largest absolute Gasteiger partial charge is 0.462 e. The molecule has 0 aliphatic carbocycles. The van der Waals surface area contributed by atoms with Crippen LogP contribution in [0.25, 0.3) is 10.9 Å². The lowest BCUT2D eigenvalue weighted by molar-refractivity contribution is 0.0531. The van der Waals surface area contributed by atoms with Crippen molar-refractivity contribution < 1.29 is 14.3 Å². The quantitative estimate of drug-likeness (QED) is 0.601. The number of amides is 1. The number of thiazole rings is 1. The van der Waals surface area contributed by atoms with E-state index in [-0.39, 0.29) is 23.3 Å². The Kier molecular flexibility index (Phi) is 6.04. The molecular weight excluding hydrogens is 414 g/mol. The van der Waals surface area contributed by atoms with Crippen LogP contribution >= 0.6 is 22.9 Å². The van der Waals surface area contributed by atoms with Crippen molar-refractivity contribution in [3.63, 3.8) is 0 Å². The van der Waals surface area contributed by atoms with E-state index in [0.717, 1.165) is 11.3 Å². The summed E-state index contributed by atoms with van der Waals surface area (Å²) >= 11 is 7.06. The molecule has 2 aromatic heterocycles. The second-order valence-corrected chi connectivity index (χ2v) is 8.08. The summed E-state index contributed by atoms with van der Waals surface area (Å²) in [6, 6.07) is 5.04. The molecule has 0 fully saturated rings. The zero-order chi connectivity index (χ0) is 21.3. The summed E-state index contributed by atoms with van der Waals surface area (Å²) in [6.07, 6.45) is 1.53. The maximum Gasteiger partial charge on any atom is 0.350 e. The number of carbonyl (C=O) groups excluding carboxylic acids is 2. The van der Waals surface area contributed by atoms with E-state index in [9.17, 15) is 14.4 Å². The number of hydrogen-bond donors (Lipinski definition) is 1. The number of benzene rings is 1. The lowest BCUT2D eigenvalue weighted by Crippen LogP contribution is -2.24. The zero-order valence-corrected chi connectivity index (χ0v) is 18.0. The van der Waals surface area contributed by atoms with Crippen LogP contribution in [0.2, 0.25) is 5.02 Å². The van der Waals surface area contributed by atoms with E-state index in [0.29, 0.717) is 26.5 Å². The molecule has 9 heteroatoms. The van der Waals surface area contributed by atoms with Gasteiger partial charge in [0.1, 0.15) is 10.4 Å². The Morgan fingerprint density at radius 1 is 1.34 bits per heavy atom. The molecule has 0 spiro atoms. The predicted molar refractivity (Wildman–Crippen MR) is 114 cm³/mol. The SMILES string of the molecule is CCOC(=O)c1sc(NC(=O)c2cn(C(C)C)c3ccc(Cl)cc3c2=O)nc1C. The molecule has 0 aliphatic heterocycles. The molecule has 0 atom stereocenters. The normalized spacial score (nSPS) is 11.1. The van der Waals surface area contributed by atoms with Crippen molar-refractivity contribution >= 4 is 50.8 Å². The number of esters is 1. The van der Waals surface area contributed by atoms with E-state index in [4.69, 9.17) is 16.3 Å². The first-order valence-electron chi connectivity index (χ1n) is 9.03. The molecular formula is C20H20ClN3O4S. The highest BCUT2D eigenvalue weighted by molar-refractivity contribution is 7.17. The van der Waals surface area contributed by atoms with Gasteiger partial charge in [0.05, 0.1) is 17.8 Å². The molecule has 3 rings (SSSR count). The Balaban J connectivity index is 2.02. The summed E-state index contributed by atoms with van der Waals surface area (Å²) < 4.78 is 6.83. The van der Waals surface area contributed by atoms with E-state index >= 15 is 0 Å². The van der Waals surface area contributed by atoms with Crippen molar-refractivity contribution in [2.24, 2.45) is 0 Å². The molecule has 1 amide bonds. The van der Waals surface area contributed by atoms with Crippen LogP contribution in [0.15, 0.2) is 29.2 Å². The van der Waals surface area contributed by atoms with Crippen LogP contribution in [0.3, 0.4) is 0 Å². The van der Waals surface area contributed by atoms with Crippen LogP contribution in [0.1, 0.15) is 52.5 Å². The monoisotopic (exact) mass is 433 g/mol. The molecule has 0 aliphatic rings. The molecule has 0 saturated heterocycles. The molecule has 3 aromatic rings. The minimum absolute atomic E-state index is 0.0170. The van der Waals surface area contributed by atoms with Gasteiger partial charge < -0.3 is 9.30 Å². The Bertz CT molecular complexity index is 1170. The van der Waals surface area contributed by atoms with Crippen molar-refractivity contribution in [1.82, 2.24) is 9.55 Å². The minimum Gasteiger partial charge on any atom is -0.462 e. The third-order valence-corrected chi connectivity index (χ3v) is 5.56. The molecule has 152 valence electrons. The number of nitrogens with one attached hydrogen (secondary N) is 1. The number of aromatic nitrogens is 2. The summed E-state index contributed by atoms with van der Waals surface area (Å²) in [7, 11) is 0. The number of hydrogen-bond acceptors (Lipinski definition) is 6. The van der Waals surface area contributed by atoms with Gasteiger partial charge in [0.2, 0.25) is 5.43 Å². The number of halogens is 1. The lowest BCUT2D eigenvalue weighted by atomic mass is 10.1. The van der Waals surface area contributed by atoms with Crippen molar-refractivity contribution in [2.75, 3.05) is 11.9 Å². The minimum atomic E-state index is -0.601. The third-order valence-electron chi connectivity index (χ3n) is 4.27. The summed E-state index contributed by atoms with van der Waals surface area (Å²) in [5.74, 6) is -1.10. The number of pyridine rings is 1. The first-order chi connectivity index (χ1) is 13.7. The van der Waals surface area contributed by atoms with Crippen LogP contribution in [0.5, 0.6) is 0 Å². The number of nitrogens with zero attached hydrogens (tertiary/aromatic N) is 2. The predicted octanol–water partition coefficient (Wildman–Crippen LogP) is 4.43. The van der Waals surface area contributed by atoms with Crippen LogP contribution < -0.4 is 10.7 Å². The van der Waals surface area contributed by atoms with Gasteiger partial charge in [-0.3, -0.25) is 14.9 Å². The standard InChI is InChI=1S/C20H20ClN3O4S/c1-5-28-19(27)17-11(4)22-20(29-17)23-18(26)14-9-24(10(2)3)15-7-6-12(21)8-13(15)16(14)25/h6-10H,5H2,1-4H3,(H,22,23,26). The second kappa shape index (κ2) is 8.34. The molecule has 0 radical (unpaired) electrons. The van der Waals surface area contributed by atoms with Gasteiger partial charge in [-0.05, 0) is 45.9 Å². The third kappa shape index (κ3) is 4.18. The summed E-state index contributed by atoms with van der Waals surface area (Å²) in [6.45, 7) is 7.52. The van der Waals surface area contributed by atoms with Crippen LogP contribution in [0, 0.1) is 6.92 Å². The van der Waals surface area contributed by atoms with Gasteiger partial charge >= 0.3 is 5.97 Å². The molecule has 0 bridgehead atoms. The Hall–Kier alpha value is -2.71. The van der Waals surface area contributed by atoms with Crippen molar-refractivity contribution in [3.05, 3.63) is 55.8 Å². The number of rotatable bonds is 5. The first kappa shape index (κ1) is 21.0. The second-order valence-electron chi connectivity index (χ2n) is 6.64. The average Bonchev–Trinajstić information content (AvgIpc) is 3.02. The summed E-state index contributed by atoms with van der Waals surface area (Å²) in [5.41, 5.74) is 0.698. The van der Waals surface area contributed by atoms with E-state index in [1.807, 2.05) is 18.4 Å². The highest BCUT2D eigenvalue weighted by Gasteiger charge is 2.21. The number of carbonyl (C=O) groups is 2. The fourth-order valence-electron chi connectivity index (χ4n) is 2.92. The average molecular weight is 434 g/mol. The molecule has 0 unspecified atom stereocenters. The van der Waals surface area contributed by atoms with Crippen molar-refractivity contribution in [2.45, 2.75) is 33.7 Å². The number of anilines is 1. The Labute approximate surface area is 176 Å². The fourth-order valence-corrected chi connectivity index (χ4v) is 3.94. The molecule has 1 aromatic carbocycles. The van der Waals surface area contributed by atoms with E-state index < -0.39 is 17.3 Å². The molecule has 0 saturated carbocycles. The van der Waals surface area contributed by atoms with Crippen molar-refractivity contribution in [3.8, 4) is 0 Å². The smallest absolute Gasteiger partial charge is 0.350 e. The highest BCUT2D eigenvalue weighted by Crippen LogP contribution is 2.25. The van der Waals surface area contributed by atoms with Crippen LogP contribution in [-0.2, 0) is 4.74 Å². The molecule has 7 nitrogen and oxygen atoms in total. The molecule has 2 heterocycles. The highest BCUT2D eigenvalue weighted by atomic mass is 35.5. The number of aryl methyl sites for hydroxylation is 1. The van der Waals surface area contributed by atoms with Gasteiger partial charge in [-0.25, -0.2) is 9.78 Å². The van der Waals surface area contributed by atoms with E-state index in [1.54, 1.807) is 32.0 Å². The van der Waals surface area contributed by atoms with Gasteiger partial charge in [0.25, 0.3) is 5.91 Å². The molecule has 1 N–H and O–H groups in total. The van der Waals surface area contributed by atoms with Crippen molar-refractivity contribution in [1.29, 1.82) is 0 Å². The first-order valence-corrected chi connectivity index (χ1v) is 10.2. The van der Waals surface area contributed by atoms with Crippen LogP contribution in [-0.4, -0.2) is 28.0 Å². The number of fused-ring (bicyclic) bond motifs is 1. The van der Waals surface area contributed by atoms with E-state index in [1.165, 1.54) is 6.20 Å². The maximum atomic E-state index is 12.9. The van der Waals surface area contributed by atoms with E-state index in [2.05, 4.69) is 10.3 Å². The van der Waals surface area contributed by atoms with Gasteiger partial charge in [-0.1, -0.05) is 22.9 Å². The van der Waals surface area contributed by atoms with Gasteiger partial charge in [-0.2, -0.15) is 0 Å². The van der Waals surface area contributed by atoms with Crippen LogP contribution in [0.4, 0.5) is 5.13 Å². The Morgan fingerprint density at radius 2 is 2.07 bits per heavy atom. The summed E-state index contributed by atoms with van der Waals surface area (Å²) in [5, 5.41) is 3.61. The van der Waals surface area contributed by atoms with Gasteiger partial charge in [0.15, 0.2) is 5.13 Å². The van der Waals surface area contributed by atoms with Gasteiger partial charge in [-0.15, -0.1) is 0 Å². The lowest BCUT2D eigenvalue weighted by Gasteiger charge is -2.16. The molecule has 29 heavy (non-hydrogen) atoms. The number of ether oxygens (including phenoxy) is 1.